The molecule has 0 saturated heterocycles. The molecule has 1 amide bonds. The molecule has 1 aliphatic rings. The number of nitrogens with one attached hydrogen (secondary N) is 1. The number of carbonyl (C=O) groups is 1. The van der Waals surface area contributed by atoms with Gasteiger partial charge in [-0.05, 0) is 31.2 Å². The summed E-state index contributed by atoms with van der Waals surface area (Å²) in [6, 6.07) is 0. The predicted molar refractivity (Wildman–Crippen MR) is 81.2 cm³/mol. The van der Waals surface area contributed by atoms with Gasteiger partial charge in [0.25, 0.3) is 0 Å². The van der Waals surface area contributed by atoms with E-state index in [1.54, 1.807) is 36.7 Å². The number of likely N-dealkylation sites (N-methyl/N-ethyl adjacent to an activating group) is 1. The molecular weight excluding hydrogens is 272 g/mol. The summed E-state index contributed by atoms with van der Waals surface area (Å²) >= 11 is 1.77. The Morgan fingerprint density at radius 1 is 1.35 bits per heavy atom. The van der Waals surface area contributed by atoms with E-state index in [2.05, 4.69) is 15.3 Å². The number of hydrogen-bond acceptors (Lipinski definition) is 5. The molecule has 2 aromatic rings. The molecule has 3 rings (SSSR count). The molecule has 106 valence electrons. The summed E-state index contributed by atoms with van der Waals surface area (Å²) in [7, 11) is 3.51. The average Bonchev–Trinajstić information content (AvgIpc) is 2.83. The third-order valence-electron chi connectivity index (χ3n) is 3.66. The van der Waals surface area contributed by atoms with Crippen LogP contribution in [0.3, 0.4) is 0 Å². The van der Waals surface area contributed by atoms with Crippen molar-refractivity contribution in [2.24, 2.45) is 0 Å². The van der Waals surface area contributed by atoms with E-state index in [4.69, 9.17) is 0 Å². The van der Waals surface area contributed by atoms with Crippen molar-refractivity contribution in [3.8, 4) is 0 Å². The van der Waals surface area contributed by atoms with Crippen LogP contribution in [0.1, 0.15) is 23.3 Å². The zero-order chi connectivity index (χ0) is 14.1. The van der Waals surface area contributed by atoms with Crippen LogP contribution in [0.4, 0.5) is 5.82 Å². The lowest BCUT2D eigenvalue weighted by Crippen LogP contribution is -2.28. The molecule has 2 heterocycles. The number of aryl methyl sites for hydroxylation is 2. The molecule has 0 aliphatic heterocycles. The highest BCUT2D eigenvalue weighted by atomic mass is 32.1. The summed E-state index contributed by atoms with van der Waals surface area (Å²) in [5.41, 5.74) is 1.39. The number of hydrogen-bond donors (Lipinski definition) is 1. The van der Waals surface area contributed by atoms with Crippen LogP contribution in [-0.4, -0.2) is 41.4 Å². The van der Waals surface area contributed by atoms with Crippen LogP contribution < -0.4 is 5.32 Å². The quantitative estimate of drug-likeness (QED) is 0.940. The van der Waals surface area contributed by atoms with Gasteiger partial charge in [-0.1, -0.05) is 0 Å². The maximum absolute atomic E-state index is 11.7. The second-order valence-electron chi connectivity index (χ2n) is 5.26. The molecule has 0 spiro atoms. The topological polar surface area (TPSA) is 58.1 Å². The van der Waals surface area contributed by atoms with Crippen LogP contribution in [0, 0.1) is 0 Å². The zero-order valence-corrected chi connectivity index (χ0v) is 12.6. The van der Waals surface area contributed by atoms with Gasteiger partial charge >= 0.3 is 0 Å². The Labute approximate surface area is 122 Å². The minimum Gasteiger partial charge on any atom is -0.360 e. The highest BCUT2D eigenvalue weighted by Gasteiger charge is 2.20. The fourth-order valence-corrected chi connectivity index (χ4v) is 3.77. The van der Waals surface area contributed by atoms with Crippen molar-refractivity contribution in [3.05, 3.63) is 16.8 Å². The van der Waals surface area contributed by atoms with Crippen molar-refractivity contribution < 1.29 is 4.79 Å². The second-order valence-corrected chi connectivity index (χ2v) is 6.34. The largest absolute Gasteiger partial charge is 0.360 e. The predicted octanol–water partition coefficient (Wildman–Crippen LogP) is 2.07. The summed E-state index contributed by atoms with van der Waals surface area (Å²) in [6.45, 7) is 0.268. The SMILES string of the molecule is CN(C)C(=O)CNc1ncnc2sc3c(c12)CCCC3. The van der Waals surface area contributed by atoms with E-state index >= 15 is 0 Å². The van der Waals surface area contributed by atoms with Crippen molar-refractivity contribution >= 4 is 33.3 Å². The number of rotatable bonds is 3. The Balaban J connectivity index is 1.94. The maximum atomic E-state index is 11.7. The smallest absolute Gasteiger partial charge is 0.241 e. The van der Waals surface area contributed by atoms with Gasteiger partial charge in [-0.25, -0.2) is 9.97 Å². The fourth-order valence-electron chi connectivity index (χ4n) is 2.54. The molecule has 0 radical (unpaired) electrons. The van der Waals surface area contributed by atoms with Crippen LogP contribution in [-0.2, 0) is 17.6 Å². The number of anilines is 1. The van der Waals surface area contributed by atoms with Gasteiger partial charge in [0.2, 0.25) is 5.91 Å². The summed E-state index contributed by atoms with van der Waals surface area (Å²) in [6.07, 6.45) is 6.30. The lowest BCUT2D eigenvalue weighted by Gasteiger charge is -2.13. The first kappa shape index (κ1) is 13.3. The molecule has 0 fully saturated rings. The monoisotopic (exact) mass is 290 g/mol. The molecule has 6 heteroatoms. The number of carbonyl (C=O) groups excluding carboxylic acids is 1. The molecule has 0 atom stereocenters. The van der Waals surface area contributed by atoms with Gasteiger partial charge in [0, 0.05) is 19.0 Å². The van der Waals surface area contributed by atoms with Crippen molar-refractivity contribution in [1.29, 1.82) is 0 Å². The van der Waals surface area contributed by atoms with E-state index in [9.17, 15) is 4.79 Å². The Kier molecular flexibility index (Phi) is 3.56. The normalized spacial score (nSPS) is 14.1. The Bertz CT molecular complexity index is 650. The molecule has 0 bridgehead atoms. The van der Waals surface area contributed by atoms with Crippen LogP contribution in [0.5, 0.6) is 0 Å². The third kappa shape index (κ3) is 2.35. The van der Waals surface area contributed by atoms with Crippen LogP contribution in [0.25, 0.3) is 10.2 Å². The van der Waals surface area contributed by atoms with Crippen molar-refractivity contribution in [2.45, 2.75) is 25.7 Å². The zero-order valence-electron chi connectivity index (χ0n) is 11.8. The minimum absolute atomic E-state index is 0.0425. The third-order valence-corrected chi connectivity index (χ3v) is 4.86. The van der Waals surface area contributed by atoms with Crippen LogP contribution in [0.15, 0.2) is 6.33 Å². The summed E-state index contributed by atoms with van der Waals surface area (Å²) in [5, 5.41) is 4.29. The van der Waals surface area contributed by atoms with Crippen LogP contribution >= 0.6 is 11.3 Å². The van der Waals surface area contributed by atoms with E-state index in [1.807, 2.05) is 0 Å². The number of fused-ring (bicyclic) bond motifs is 3. The lowest BCUT2D eigenvalue weighted by molar-refractivity contribution is -0.126. The molecule has 2 aromatic heterocycles. The van der Waals surface area contributed by atoms with Gasteiger partial charge in [0.15, 0.2) is 0 Å². The fraction of sp³-hybridized carbons (Fsp3) is 0.500. The Hall–Kier alpha value is -1.69. The van der Waals surface area contributed by atoms with E-state index in [0.29, 0.717) is 0 Å². The number of nitrogens with zero attached hydrogens (tertiary/aromatic N) is 3. The van der Waals surface area contributed by atoms with Crippen LogP contribution in [0.2, 0.25) is 0 Å². The first-order valence-electron chi connectivity index (χ1n) is 6.86. The van der Waals surface area contributed by atoms with E-state index in [-0.39, 0.29) is 12.5 Å². The summed E-state index contributed by atoms with van der Waals surface area (Å²) in [5.74, 6) is 0.838. The van der Waals surface area contributed by atoms with Gasteiger partial charge in [-0.15, -0.1) is 11.3 Å². The van der Waals surface area contributed by atoms with E-state index in [1.165, 1.54) is 23.3 Å². The standard InChI is InChI=1S/C14H18N4OS/c1-18(2)11(19)7-15-13-12-9-5-3-4-6-10(9)20-14(12)17-8-16-13/h8H,3-7H2,1-2H3,(H,15,16,17). The molecule has 1 N–H and O–H groups in total. The molecular formula is C14H18N4OS. The van der Waals surface area contributed by atoms with Gasteiger partial charge in [0.1, 0.15) is 17.0 Å². The van der Waals surface area contributed by atoms with Crippen molar-refractivity contribution in [2.75, 3.05) is 26.0 Å². The molecule has 0 aromatic carbocycles. The number of aromatic nitrogens is 2. The highest BCUT2D eigenvalue weighted by Crippen LogP contribution is 2.37. The molecule has 20 heavy (non-hydrogen) atoms. The van der Waals surface area contributed by atoms with Gasteiger partial charge in [-0.2, -0.15) is 0 Å². The van der Waals surface area contributed by atoms with E-state index in [0.717, 1.165) is 28.9 Å². The first-order chi connectivity index (χ1) is 9.66. The maximum Gasteiger partial charge on any atom is 0.241 e. The van der Waals surface area contributed by atoms with Crippen molar-refractivity contribution in [1.82, 2.24) is 14.9 Å². The molecule has 0 unspecified atom stereocenters. The van der Waals surface area contributed by atoms with Gasteiger partial charge < -0.3 is 10.2 Å². The second kappa shape index (κ2) is 5.36. The number of thiophene rings is 1. The number of amides is 1. The summed E-state index contributed by atoms with van der Waals surface area (Å²) < 4.78 is 0. The van der Waals surface area contributed by atoms with Gasteiger partial charge in [-0.3, -0.25) is 4.79 Å². The Morgan fingerprint density at radius 2 is 2.15 bits per heavy atom. The highest BCUT2D eigenvalue weighted by molar-refractivity contribution is 7.19. The minimum atomic E-state index is 0.0425. The Morgan fingerprint density at radius 3 is 2.95 bits per heavy atom. The molecule has 1 aliphatic carbocycles. The summed E-state index contributed by atoms with van der Waals surface area (Å²) in [4.78, 5) is 24.5. The van der Waals surface area contributed by atoms with Crippen molar-refractivity contribution in [3.63, 3.8) is 0 Å². The lowest BCUT2D eigenvalue weighted by atomic mass is 9.97. The molecule has 5 nitrogen and oxygen atoms in total. The first-order valence-corrected chi connectivity index (χ1v) is 7.67. The van der Waals surface area contributed by atoms with Gasteiger partial charge in [0.05, 0.1) is 11.9 Å². The van der Waals surface area contributed by atoms with E-state index < -0.39 is 0 Å². The average molecular weight is 290 g/mol. The molecule has 0 saturated carbocycles.